The molecule has 2 aromatic rings. The Hall–Kier alpha value is -2.26. The van der Waals surface area contributed by atoms with E-state index in [0.717, 1.165) is 12.1 Å². The van der Waals surface area contributed by atoms with Gasteiger partial charge in [-0.25, -0.2) is 0 Å². The number of methoxy groups -OCH3 is 1. The van der Waals surface area contributed by atoms with E-state index < -0.39 is 24.8 Å². The highest BCUT2D eigenvalue weighted by molar-refractivity contribution is 6.43. The van der Waals surface area contributed by atoms with Crippen LogP contribution in [0.1, 0.15) is 24.1 Å². The summed E-state index contributed by atoms with van der Waals surface area (Å²) in [7, 11) is 0.504. The van der Waals surface area contributed by atoms with E-state index in [1.807, 2.05) is 0 Å². The summed E-state index contributed by atoms with van der Waals surface area (Å²) in [5, 5.41) is 9.53. The predicted octanol–water partition coefficient (Wildman–Crippen LogP) is 3.77. The highest BCUT2D eigenvalue weighted by atomic mass is 19.4. The van der Waals surface area contributed by atoms with Crippen LogP contribution in [-0.2, 0) is 10.8 Å². The molecule has 0 amide bonds. The molecular formula is C18H19BF3NO4. The van der Waals surface area contributed by atoms with Crippen molar-refractivity contribution in [1.82, 2.24) is 4.98 Å². The van der Waals surface area contributed by atoms with Crippen LogP contribution in [0.5, 0.6) is 11.5 Å². The van der Waals surface area contributed by atoms with Gasteiger partial charge in [0, 0.05) is 23.8 Å². The number of ether oxygens (including phenoxy) is 2. The number of aromatic nitrogens is 1. The van der Waals surface area contributed by atoms with E-state index in [4.69, 9.17) is 14.1 Å². The standard InChI is InChI=1S/C18H19BF3NO4/c1-3-26-17-6-11(4-5-16(17)25-2)14-7-13(18(20,21)22)8-15(23-14)12-9-19(24)27-10-12/h4-8,12,24H,3,9-10H2,1-2H3. The Bertz CT molecular complexity index is 816. The molecule has 1 aromatic carbocycles. The van der Waals surface area contributed by atoms with Gasteiger partial charge >= 0.3 is 13.3 Å². The van der Waals surface area contributed by atoms with Crippen LogP contribution in [0.2, 0.25) is 6.32 Å². The van der Waals surface area contributed by atoms with Crippen LogP contribution in [0.4, 0.5) is 13.2 Å². The Kier molecular flexibility index (Phi) is 5.62. The van der Waals surface area contributed by atoms with E-state index in [2.05, 4.69) is 4.98 Å². The Labute approximate surface area is 155 Å². The molecule has 1 N–H and O–H groups in total. The Morgan fingerprint density at radius 2 is 2.04 bits per heavy atom. The molecule has 5 nitrogen and oxygen atoms in total. The van der Waals surface area contributed by atoms with Crippen LogP contribution < -0.4 is 9.47 Å². The molecule has 3 rings (SSSR count). The van der Waals surface area contributed by atoms with Crippen molar-refractivity contribution in [2.24, 2.45) is 0 Å². The Balaban J connectivity index is 2.07. The predicted molar refractivity (Wildman–Crippen MR) is 93.9 cm³/mol. The fourth-order valence-corrected chi connectivity index (χ4v) is 2.99. The fraction of sp³-hybridized carbons (Fsp3) is 0.389. The number of nitrogens with zero attached hydrogens (tertiary/aromatic N) is 1. The van der Waals surface area contributed by atoms with Gasteiger partial charge < -0.3 is 19.2 Å². The minimum Gasteiger partial charge on any atom is -0.493 e. The van der Waals surface area contributed by atoms with Crippen LogP contribution in [0.3, 0.4) is 0 Å². The van der Waals surface area contributed by atoms with Crippen LogP contribution in [0, 0.1) is 0 Å². The fourth-order valence-electron chi connectivity index (χ4n) is 2.99. The smallest absolute Gasteiger partial charge is 0.454 e. The zero-order chi connectivity index (χ0) is 19.6. The van der Waals surface area contributed by atoms with E-state index in [1.54, 1.807) is 25.1 Å². The van der Waals surface area contributed by atoms with Crippen molar-refractivity contribution in [1.29, 1.82) is 0 Å². The van der Waals surface area contributed by atoms with Crippen LogP contribution >= 0.6 is 0 Å². The van der Waals surface area contributed by atoms with E-state index in [-0.39, 0.29) is 24.3 Å². The largest absolute Gasteiger partial charge is 0.493 e. The minimum atomic E-state index is -4.51. The van der Waals surface area contributed by atoms with Crippen molar-refractivity contribution < 1.29 is 32.3 Å². The third-order valence-corrected chi connectivity index (χ3v) is 4.33. The first kappa shape index (κ1) is 19.5. The number of benzene rings is 1. The molecule has 0 saturated carbocycles. The van der Waals surface area contributed by atoms with E-state index >= 15 is 0 Å². The molecule has 0 aliphatic carbocycles. The number of hydrogen-bond acceptors (Lipinski definition) is 5. The quantitative estimate of drug-likeness (QED) is 0.800. The van der Waals surface area contributed by atoms with Crippen LogP contribution in [0.15, 0.2) is 30.3 Å². The normalized spacial score (nSPS) is 17.3. The molecular weight excluding hydrogens is 362 g/mol. The lowest BCUT2D eigenvalue weighted by atomic mass is 9.81. The maximum absolute atomic E-state index is 13.4. The second kappa shape index (κ2) is 7.78. The van der Waals surface area contributed by atoms with Crippen LogP contribution in [0.25, 0.3) is 11.3 Å². The Morgan fingerprint density at radius 1 is 1.26 bits per heavy atom. The molecule has 1 fully saturated rings. The van der Waals surface area contributed by atoms with Crippen molar-refractivity contribution in [2.45, 2.75) is 25.3 Å². The molecule has 1 saturated heterocycles. The molecule has 144 valence electrons. The summed E-state index contributed by atoms with van der Waals surface area (Å²) >= 11 is 0. The van der Waals surface area contributed by atoms with Gasteiger partial charge in [0.05, 0.1) is 25.0 Å². The third kappa shape index (κ3) is 4.36. The maximum Gasteiger partial charge on any atom is 0.454 e. The first-order valence-electron chi connectivity index (χ1n) is 8.52. The van der Waals surface area contributed by atoms with Crippen LogP contribution in [-0.4, -0.2) is 37.4 Å². The zero-order valence-electron chi connectivity index (χ0n) is 14.9. The molecule has 2 heterocycles. The van der Waals surface area contributed by atoms with Crippen molar-refractivity contribution >= 4 is 7.12 Å². The lowest BCUT2D eigenvalue weighted by Crippen LogP contribution is -2.10. The molecule has 1 aliphatic heterocycles. The summed E-state index contributed by atoms with van der Waals surface area (Å²) < 4.78 is 56.0. The summed E-state index contributed by atoms with van der Waals surface area (Å²) in [6.45, 7) is 2.32. The SMILES string of the molecule is CCOc1cc(-c2cc(C(F)(F)F)cc(C3COB(O)C3)n2)ccc1OC. The van der Waals surface area contributed by atoms with Crippen molar-refractivity contribution in [3.05, 3.63) is 41.6 Å². The highest BCUT2D eigenvalue weighted by Gasteiger charge is 2.35. The monoisotopic (exact) mass is 381 g/mol. The second-order valence-corrected chi connectivity index (χ2v) is 6.18. The summed E-state index contributed by atoms with van der Waals surface area (Å²) in [6.07, 6.45) is -4.31. The molecule has 0 bridgehead atoms. The summed E-state index contributed by atoms with van der Waals surface area (Å²) in [6, 6.07) is 6.89. The van der Waals surface area contributed by atoms with Gasteiger partial charge in [0.25, 0.3) is 0 Å². The van der Waals surface area contributed by atoms with E-state index in [1.165, 1.54) is 7.11 Å². The third-order valence-electron chi connectivity index (χ3n) is 4.33. The highest BCUT2D eigenvalue weighted by Crippen LogP contribution is 2.37. The van der Waals surface area contributed by atoms with E-state index in [0.29, 0.717) is 23.7 Å². The molecule has 0 radical (unpaired) electrons. The number of hydrogen-bond donors (Lipinski definition) is 1. The Morgan fingerprint density at radius 3 is 2.63 bits per heavy atom. The van der Waals surface area contributed by atoms with E-state index in [9.17, 15) is 18.2 Å². The van der Waals surface area contributed by atoms with Crippen molar-refractivity contribution in [3.8, 4) is 22.8 Å². The number of alkyl halides is 3. The summed E-state index contributed by atoms with van der Waals surface area (Å²) in [5.41, 5.74) is 0.0960. The average Bonchev–Trinajstić information content (AvgIpc) is 3.07. The summed E-state index contributed by atoms with van der Waals surface area (Å²) in [5.74, 6) is 0.517. The first-order valence-corrected chi connectivity index (χ1v) is 8.52. The minimum absolute atomic E-state index is 0.127. The van der Waals surface area contributed by atoms with Crippen molar-refractivity contribution in [2.75, 3.05) is 20.3 Å². The topological polar surface area (TPSA) is 60.8 Å². The molecule has 1 aliphatic rings. The molecule has 1 aromatic heterocycles. The maximum atomic E-state index is 13.4. The number of halogens is 3. The molecule has 27 heavy (non-hydrogen) atoms. The zero-order valence-corrected chi connectivity index (χ0v) is 14.9. The molecule has 1 unspecified atom stereocenters. The lowest BCUT2D eigenvalue weighted by molar-refractivity contribution is -0.137. The van der Waals surface area contributed by atoms with Gasteiger partial charge in [-0.1, -0.05) is 0 Å². The van der Waals surface area contributed by atoms with Gasteiger partial charge in [-0.05, 0) is 43.6 Å². The summed E-state index contributed by atoms with van der Waals surface area (Å²) in [4.78, 5) is 4.40. The van der Waals surface area contributed by atoms with Gasteiger partial charge in [0.2, 0.25) is 0 Å². The molecule has 9 heteroatoms. The first-order chi connectivity index (χ1) is 12.8. The number of pyridine rings is 1. The number of rotatable bonds is 5. The second-order valence-electron chi connectivity index (χ2n) is 6.18. The molecule has 0 spiro atoms. The van der Waals surface area contributed by atoms with Gasteiger partial charge in [0.15, 0.2) is 11.5 Å². The average molecular weight is 381 g/mol. The lowest BCUT2D eigenvalue weighted by Gasteiger charge is -2.16. The van der Waals surface area contributed by atoms with Gasteiger partial charge in [-0.2, -0.15) is 13.2 Å². The van der Waals surface area contributed by atoms with Gasteiger partial charge in [-0.15, -0.1) is 0 Å². The molecule has 1 atom stereocenters. The van der Waals surface area contributed by atoms with Gasteiger partial charge in [-0.3, -0.25) is 4.98 Å². The van der Waals surface area contributed by atoms with Gasteiger partial charge in [0.1, 0.15) is 0 Å². The van der Waals surface area contributed by atoms with Crippen molar-refractivity contribution in [3.63, 3.8) is 0 Å².